The number of unbranched alkanes of at least 4 members (excludes halogenated alkanes) is 22. The fourth-order valence-electron chi connectivity index (χ4n) is 5.17. The van der Waals surface area contributed by atoms with E-state index in [1.54, 1.807) is 6.08 Å². The summed E-state index contributed by atoms with van der Waals surface area (Å²) in [6.45, 7) is 4.28. The van der Waals surface area contributed by atoms with Crippen molar-refractivity contribution in [1.82, 2.24) is 5.32 Å². The summed E-state index contributed by atoms with van der Waals surface area (Å²) in [5, 5.41) is 22.8. The van der Waals surface area contributed by atoms with Crippen molar-refractivity contribution in [3.8, 4) is 0 Å². The van der Waals surface area contributed by atoms with Gasteiger partial charge in [0.15, 0.2) is 0 Å². The van der Waals surface area contributed by atoms with Crippen LogP contribution in [0, 0.1) is 0 Å². The van der Waals surface area contributed by atoms with Crippen LogP contribution in [0.5, 0.6) is 0 Å². The quantitative estimate of drug-likeness (QED) is 0.0580. The van der Waals surface area contributed by atoms with Crippen LogP contribution < -0.4 is 5.32 Å². The molecule has 0 aromatic carbocycles. The van der Waals surface area contributed by atoms with E-state index in [1.807, 2.05) is 6.08 Å². The van der Waals surface area contributed by atoms with Crippen LogP contribution in [-0.2, 0) is 4.79 Å². The summed E-state index contributed by atoms with van der Waals surface area (Å²) in [5.41, 5.74) is 0. The molecule has 0 aromatic rings. The molecule has 0 unspecified atom stereocenters. The first kappa shape index (κ1) is 38.9. The molecule has 3 N–H and O–H groups in total. The van der Waals surface area contributed by atoms with E-state index in [2.05, 4.69) is 31.3 Å². The van der Waals surface area contributed by atoms with Crippen molar-refractivity contribution in [2.45, 2.75) is 193 Å². The summed E-state index contributed by atoms with van der Waals surface area (Å²) in [4.78, 5) is 12.3. The standard InChI is InChI=1S/C36H69NO3/c1-3-5-7-9-11-13-15-16-17-18-19-20-22-24-26-28-30-32-36(40)37-34(33-38)35(39)31-29-27-25-23-21-14-12-10-8-6-4-2/h16-17,29,31,34-35,38-39H,3-15,18-28,30,32-33H2,1-2H3,(H,37,40)/b17-16-,31-29+/t34-,35+/m0/s1. The predicted molar refractivity (Wildman–Crippen MR) is 175 cm³/mol. The van der Waals surface area contributed by atoms with E-state index in [4.69, 9.17) is 0 Å². The van der Waals surface area contributed by atoms with E-state index >= 15 is 0 Å². The lowest BCUT2D eigenvalue weighted by Crippen LogP contribution is -2.45. The molecule has 4 heteroatoms. The van der Waals surface area contributed by atoms with Gasteiger partial charge in [0.2, 0.25) is 5.91 Å². The Morgan fingerprint density at radius 3 is 1.38 bits per heavy atom. The molecule has 236 valence electrons. The first-order valence-electron chi connectivity index (χ1n) is 17.6. The number of hydrogen-bond donors (Lipinski definition) is 3. The molecule has 0 saturated carbocycles. The van der Waals surface area contributed by atoms with E-state index in [0.717, 1.165) is 25.7 Å². The third-order valence-electron chi connectivity index (χ3n) is 7.93. The number of carbonyl (C=O) groups is 1. The summed E-state index contributed by atoms with van der Waals surface area (Å²) in [7, 11) is 0. The van der Waals surface area contributed by atoms with Gasteiger partial charge in [0.25, 0.3) is 0 Å². The molecule has 1 amide bonds. The van der Waals surface area contributed by atoms with Gasteiger partial charge in [0.05, 0.1) is 18.8 Å². The van der Waals surface area contributed by atoms with E-state index in [9.17, 15) is 15.0 Å². The van der Waals surface area contributed by atoms with Crippen molar-refractivity contribution in [1.29, 1.82) is 0 Å². The lowest BCUT2D eigenvalue weighted by atomic mass is 10.1. The smallest absolute Gasteiger partial charge is 0.220 e. The Balaban J connectivity index is 3.62. The number of aliphatic hydroxyl groups excluding tert-OH is 2. The van der Waals surface area contributed by atoms with Gasteiger partial charge in [-0.25, -0.2) is 0 Å². The molecule has 0 fully saturated rings. The van der Waals surface area contributed by atoms with Crippen LogP contribution in [0.2, 0.25) is 0 Å². The van der Waals surface area contributed by atoms with Crippen LogP contribution in [0.1, 0.15) is 181 Å². The minimum atomic E-state index is -0.835. The number of carbonyl (C=O) groups excluding carboxylic acids is 1. The fraction of sp³-hybridized carbons (Fsp3) is 0.861. The maximum atomic E-state index is 12.3. The van der Waals surface area contributed by atoms with Crippen molar-refractivity contribution >= 4 is 5.91 Å². The number of rotatable bonds is 31. The van der Waals surface area contributed by atoms with Gasteiger partial charge in [-0.2, -0.15) is 0 Å². The van der Waals surface area contributed by atoms with Gasteiger partial charge in [-0.15, -0.1) is 0 Å². The molecule has 40 heavy (non-hydrogen) atoms. The Morgan fingerprint density at radius 1 is 0.575 bits per heavy atom. The first-order chi connectivity index (χ1) is 19.7. The molecule has 0 heterocycles. The molecule has 0 spiro atoms. The highest BCUT2D eigenvalue weighted by Crippen LogP contribution is 2.13. The SMILES string of the molecule is CCCCCCCC/C=C\CCCCCCCCCC(=O)N[C@@H](CO)[C@H](O)/C=C/CCCCCCCCCCC. The summed E-state index contributed by atoms with van der Waals surface area (Å²) in [6.07, 6.45) is 39.7. The average molecular weight is 564 g/mol. The van der Waals surface area contributed by atoms with Gasteiger partial charge in [-0.1, -0.05) is 154 Å². The van der Waals surface area contributed by atoms with Gasteiger partial charge in [-0.3, -0.25) is 4.79 Å². The van der Waals surface area contributed by atoms with Crippen LogP contribution in [0.4, 0.5) is 0 Å². The second-order valence-corrected chi connectivity index (χ2v) is 11.9. The molecule has 0 saturated heterocycles. The summed E-state index contributed by atoms with van der Waals surface area (Å²) < 4.78 is 0. The van der Waals surface area contributed by atoms with Crippen LogP contribution in [-0.4, -0.2) is 34.9 Å². The number of allylic oxidation sites excluding steroid dienone is 3. The lowest BCUT2D eigenvalue weighted by molar-refractivity contribution is -0.123. The molecular weight excluding hydrogens is 494 g/mol. The molecule has 0 aliphatic heterocycles. The van der Waals surface area contributed by atoms with E-state index in [-0.39, 0.29) is 12.5 Å². The second-order valence-electron chi connectivity index (χ2n) is 11.9. The zero-order valence-electron chi connectivity index (χ0n) is 26.9. The Bertz CT molecular complexity index is 574. The maximum Gasteiger partial charge on any atom is 0.220 e. The molecule has 4 nitrogen and oxygen atoms in total. The highest BCUT2D eigenvalue weighted by molar-refractivity contribution is 5.76. The molecule has 0 radical (unpaired) electrons. The Kier molecular flexibility index (Phi) is 31.5. The normalized spacial score (nSPS) is 13.4. The van der Waals surface area contributed by atoms with Gasteiger partial charge in [0.1, 0.15) is 0 Å². The van der Waals surface area contributed by atoms with Crippen molar-refractivity contribution < 1.29 is 15.0 Å². The summed E-state index contributed by atoms with van der Waals surface area (Å²) in [5.74, 6) is -0.0711. The van der Waals surface area contributed by atoms with Gasteiger partial charge in [-0.05, 0) is 44.9 Å². The van der Waals surface area contributed by atoms with Crippen LogP contribution >= 0.6 is 0 Å². The number of nitrogens with one attached hydrogen (secondary N) is 1. The van der Waals surface area contributed by atoms with Crippen molar-refractivity contribution in [3.05, 3.63) is 24.3 Å². The van der Waals surface area contributed by atoms with E-state index in [0.29, 0.717) is 6.42 Å². The molecule has 0 aliphatic rings. The highest BCUT2D eigenvalue weighted by Gasteiger charge is 2.17. The number of amides is 1. The van der Waals surface area contributed by atoms with Crippen molar-refractivity contribution in [2.75, 3.05) is 6.61 Å². The third-order valence-corrected chi connectivity index (χ3v) is 7.93. The van der Waals surface area contributed by atoms with Gasteiger partial charge < -0.3 is 15.5 Å². The third kappa shape index (κ3) is 28.4. The maximum absolute atomic E-state index is 12.3. The zero-order chi connectivity index (χ0) is 29.4. The Hall–Kier alpha value is -1.13. The van der Waals surface area contributed by atoms with E-state index < -0.39 is 12.1 Å². The van der Waals surface area contributed by atoms with Crippen LogP contribution in [0.25, 0.3) is 0 Å². The first-order valence-corrected chi connectivity index (χ1v) is 17.6. The minimum absolute atomic E-state index is 0.0711. The molecule has 0 aromatic heterocycles. The molecule has 2 atom stereocenters. The monoisotopic (exact) mass is 564 g/mol. The van der Waals surface area contributed by atoms with E-state index in [1.165, 1.54) is 135 Å². The topological polar surface area (TPSA) is 69.6 Å². The molecular formula is C36H69NO3. The highest BCUT2D eigenvalue weighted by atomic mass is 16.3. The van der Waals surface area contributed by atoms with Crippen molar-refractivity contribution in [2.24, 2.45) is 0 Å². The minimum Gasteiger partial charge on any atom is -0.394 e. The summed E-state index contributed by atoms with van der Waals surface area (Å²) in [6, 6.07) is -0.619. The number of hydrogen-bond acceptors (Lipinski definition) is 3. The predicted octanol–water partition coefficient (Wildman–Crippen LogP) is 10.1. The van der Waals surface area contributed by atoms with Gasteiger partial charge in [0, 0.05) is 6.42 Å². The fourth-order valence-corrected chi connectivity index (χ4v) is 5.17. The van der Waals surface area contributed by atoms with Crippen molar-refractivity contribution in [3.63, 3.8) is 0 Å². The second kappa shape index (κ2) is 32.4. The zero-order valence-corrected chi connectivity index (χ0v) is 26.9. The Morgan fingerprint density at radius 2 is 0.950 bits per heavy atom. The number of aliphatic hydroxyl groups is 2. The molecule has 0 bridgehead atoms. The summed E-state index contributed by atoms with van der Waals surface area (Å²) >= 11 is 0. The Labute approximate surface area is 249 Å². The van der Waals surface area contributed by atoms with Gasteiger partial charge >= 0.3 is 0 Å². The molecule has 0 rings (SSSR count). The average Bonchev–Trinajstić information content (AvgIpc) is 2.96. The lowest BCUT2D eigenvalue weighted by Gasteiger charge is -2.20. The van der Waals surface area contributed by atoms with Crippen LogP contribution in [0.3, 0.4) is 0 Å². The largest absolute Gasteiger partial charge is 0.394 e. The molecule has 0 aliphatic carbocycles. The van der Waals surface area contributed by atoms with Crippen LogP contribution in [0.15, 0.2) is 24.3 Å².